The van der Waals surface area contributed by atoms with Crippen LogP contribution in [-0.4, -0.2) is 35.5 Å². The number of hydrogen-bond donors (Lipinski definition) is 1. The van der Waals surface area contributed by atoms with E-state index in [1.807, 2.05) is 12.1 Å². The van der Waals surface area contributed by atoms with Gasteiger partial charge < -0.3 is 10.2 Å². The maximum atomic E-state index is 12.1. The number of carbonyl (C=O) groups excluding carboxylic acids is 1. The largest absolute Gasteiger partial charge is 0.352 e. The fourth-order valence-corrected chi connectivity index (χ4v) is 2.83. The number of amides is 1. The molecule has 1 aliphatic heterocycles. The average molecular weight is 321 g/mol. The molecule has 1 N–H and O–H groups in total. The van der Waals surface area contributed by atoms with Crippen molar-refractivity contribution in [2.24, 2.45) is 5.92 Å². The molecule has 6 heteroatoms. The SMILES string of the molecule is N#Cc1ccc(C(=O)NCC2CCN(c3ncccn3)CC2)cc1. The van der Waals surface area contributed by atoms with Crippen molar-refractivity contribution in [2.75, 3.05) is 24.5 Å². The fourth-order valence-electron chi connectivity index (χ4n) is 2.83. The number of hydrogen-bond acceptors (Lipinski definition) is 5. The van der Waals surface area contributed by atoms with Crippen LogP contribution in [0, 0.1) is 17.2 Å². The molecule has 3 rings (SSSR count). The van der Waals surface area contributed by atoms with E-state index in [1.54, 1.807) is 36.7 Å². The first-order valence-electron chi connectivity index (χ1n) is 8.06. The van der Waals surface area contributed by atoms with Crippen molar-refractivity contribution in [1.82, 2.24) is 15.3 Å². The molecule has 0 bridgehead atoms. The Morgan fingerprint density at radius 2 is 1.88 bits per heavy atom. The number of nitrogens with zero attached hydrogens (tertiary/aromatic N) is 4. The highest BCUT2D eigenvalue weighted by atomic mass is 16.1. The van der Waals surface area contributed by atoms with Gasteiger partial charge in [-0.3, -0.25) is 4.79 Å². The van der Waals surface area contributed by atoms with E-state index in [0.717, 1.165) is 31.9 Å². The summed E-state index contributed by atoms with van der Waals surface area (Å²) in [6.45, 7) is 2.48. The Labute approximate surface area is 141 Å². The standard InChI is InChI=1S/C18H19N5O/c19-12-14-2-4-16(5-3-14)17(24)22-13-15-6-10-23(11-7-15)18-20-8-1-9-21-18/h1-5,8-9,15H,6-7,10-11,13H2,(H,22,24). The second-order valence-corrected chi connectivity index (χ2v) is 5.88. The van der Waals surface area contributed by atoms with Crippen LogP contribution in [0.25, 0.3) is 0 Å². The third kappa shape index (κ3) is 3.87. The van der Waals surface area contributed by atoms with Gasteiger partial charge in [0.1, 0.15) is 0 Å². The Kier molecular flexibility index (Phi) is 5.02. The summed E-state index contributed by atoms with van der Waals surface area (Å²) in [5, 5.41) is 11.8. The molecule has 2 heterocycles. The Hall–Kier alpha value is -2.94. The number of rotatable bonds is 4. The van der Waals surface area contributed by atoms with Gasteiger partial charge in [-0.25, -0.2) is 9.97 Å². The molecule has 24 heavy (non-hydrogen) atoms. The van der Waals surface area contributed by atoms with Gasteiger partial charge in [0.2, 0.25) is 5.95 Å². The van der Waals surface area contributed by atoms with Crippen LogP contribution in [0.1, 0.15) is 28.8 Å². The lowest BCUT2D eigenvalue weighted by Gasteiger charge is -2.31. The van der Waals surface area contributed by atoms with Gasteiger partial charge in [-0.1, -0.05) is 0 Å². The Morgan fingerprint density at radius 1 is 1.21 bits per heavy atom. The Balaban J connectivity index is 1.46. The number of piperidine rings is 1. The second-order valence-electron chi connectivity index (χ2n) is 5.88. The normalized spacial score (nSPS) is 14.9. The summed E-state index contributed by atoms with van der Waals surface area (Å²) in [6.07, 6.45) is 5.52. The molecule has 0 saturated carbocycles. The zero-order chi connectivity index (χ0) is 16.8. The van der Waals surface area contributed by atoms with Crippen molar-refractivity contribution >= 4 is 11.9 Å². The number of anilines is 1. The highest BCUT2D eigenvalue weighted by Gasteiger charge is 2.21. The zero-order valence-electron chi connectivity index (χ0n) is 13.4. The van der Waals surface area contributed by atoms with Gasteiger partial charge in [0.25, 0.3) is 5.91 Å². The molecule has 122 valence electrons. The van der Waals surface area contributed by atoms with Gasteiger partial charge in [-0.2, -0.15) is 5.26 Å². The molecule has 0 atom stereocenters. The lowest BCUT2D eigenvalue weighted by Crippen LogP contribution is -2.39. The van der Waals surface area contributed by atoms with Crippen LogP contribution in [0.15, 0.2) is 42.7 Å². The number of carbonyl (C=O) groups is 1. The monoisotopic (exact) mass is 321 g/mol. The van der Waals surface area contributed by atoms with Crippen LogP contribution in [0.4, 0.5) is 5.95 Å². The van der Waals surface area contributed by atoms with Gasteiger partial charge >= 0.3 is 0 Å². The van der Waals surface area contributed by atoms with E-state index in [1.165, 1.54) is 0 Å². The van der Waals surface area contributed by atoms with Gasteiger partial charge in [0, 0.05) is 37.6 Å². The minimum atomic E-state index is -0.0895. The lowest BCUT2D eigenvalue weighted by atomic mass is 9.97. The van der Waals surface area contributed by atoms with Crippen LogP contribution in [-0.2, 0) is 0 Å². The summed E-state index contributed by atoms with van der Waals surface area (Å²) >= 11 is 0. The van der Waals surface area contributed by atoms with E-state index in [4.69, 9.17) is 5.26 Å². The van der Waals surface area contributed by atoms with Crippen molar-refractivity contribution in [1.29, 1.82) is 5.26 Å². The highest BCUT2D eigenvalue weighted by Crippen LogP contribution is 2.19. The number of nitrogens with one attached hydrogen (secondary N) is 1. The molecule has 0 aliphatic carbocycles. The molecule has 1 aromatic heterocycles. The maximum Gasteiger partial charge on any atom is 0.251 e. The molecule has 1 saturated heterocycles. The third-order valence-electron chi connectivity index (χ3n) is 4.28. The van der Waals surface area contributed by atoms with Crippen molar-refractivity contribution in [3.63, 3.8) is 0 Å². The molecular weight excluding hydrogens is 302 g/mol. The van der Waals surface area contributed by atoms with Crippen LogP contribution >= 0.6 is 0 Å². The summed E-state index contributed by atoms with van der Waals surface area (Å²) in [7, 11) is 0. The smallest absolute Gasteiger partial charge is 0.251 e. The molecule has 1 aromatic carbocycles. The van der Waals surface area contributed by atoms with E-state index < -0.39 is 0 Å². The van der Waals surface area contributed by atoms with Gasteiger partial charge in [0.15, 0.2) is 0 Å². The van der Waals surface area contributed by atoms with Crippen molar-refractivity contribution in [3.8, 4) is 6.07 Å². The molecule has 0 radical (unpaired) electrons. The second kappa shape index (κ2) is 7.55. The van der Waals surface area contributed by atoms with Crippen molar-refractivity contribution < 1.29 is 4.79 Å². The number of benzene rings is 1. The first-order chi connectivity index (χ1) is 11.8. The minimum Gasteiger partial charge on any atom is -0.352 e. The van der Waals surface area contributed by atoms with E-state index in [9.17, 15) is 4.79 Å². The predicted octanol–water partition coefficient (Wildman–Crippen LogP) is 1.99. The summed E-state index contributed by atoms with van der Waals surface area (Å²) in [4.78, 5) is 22.9. The van der Waals surface area contributed by atoms with Crippen LogP contribution in [0.3, 0.4) is 0 Å². The maximum absolute atomic E-state index is 12.1. The summed E-state index contributed by atoms with van der Waals surface area (Å²) in [5.74, 6) is 1.15. The third-order valence-corrected chi connectivity index (χ3v) is 4.28. The Bertz CT molecular complexity index is 715. The van der Waals surface area contributed by atoms with E-state index in [2.05, 4.69) is 20.2 Å². The molecule has 0 spiro atoms. The number of nitriles is 1. The van der Waals surface area contributed by atoms with E-state index in [-0.39, 0.29) is 5.91 Å². The lowest BCUT2D eigenvalue weighted by molar-refractivity contribution is 0.0945. The minimum absolute atomic E-state index is 0.0895. The number of aromatic nitrogens is 2. The summed E-state index contributed by atoms with van der Waals surface area (Å²) in [5.41, 5.74) is 1.14. The zero-order valence-corrected chi connectivity index (χ0v) is 13.4. The van der Waals surface area contributed by atoms with Gasteiger partial charge in [-0.15, -0.1) is 0 Å². The fraction of sp³-hybridized carbons (Fsp3) is 0.333. The van der Waals surface area contributed by atoms with E-state index in [0.29, 0.717) is 23.6 Å². The van der Waals surface area contributed by atoms with Crippen LogP contribution < -0.4 is 10.2 Å². The topological polar surface area (TPSA) is 81.9 Å². The summed E-state index contributed by atoms with van der Waals surface area (Å²) < 4.78 is 0. The quantitative estimate of drug-likeness (QED) is 0.931. The first kappa shape index (κ1) is 15.9. The molecule has 6 nitrogen and oxygen atoms in total. The first-order valence-corrected chi connectivity index (χ1v) is 8.06. The van der Waals surface area contributed by atoms with E-state index >= 15 is 0 Å². The predicted molar refractivity (Wildman–Crippen MR) is 90.5 cm³/mol. The van der Waals surface area contributed by atoms with Gasteiger partial charge in [0.05, 0.1) is 11.6 Å². The van der Waals surface area contributed by atoms with Crippen molar-refractivity contribution in [2.45, 2.75) is 12.8 Å². The highest BCUT2D eigenvalue weighted by molar-refractivity contribution is 5.94. The van der Waals surface area contributed by atoms with Crippen LogP contribution in [0.5, 0.6) is 0 Å². The van der Waals surface area contributed by atoms with Crippen LogP contribution in [0.2, 0.25) is 0 Å². The molecule has 1 fully saturated rings. The molecule has 1 aliphatic rings. The average Bonchev–Trinajstić information content (AvgIpc) is 2.67. The van der Waals surface area contributed by atoms with Gasteiger partial charge in [-0.05, 0) is 49.1 Å². The molecular formula is C18H19N5O. The molecule has 2 aromatic rings. The molecule has 0 unspecified atom stereocenters. The summed E-state index contributed by atoms with van der Waals surface area (Å²) in [6, 6.07) is 10.5. The molecule has 1 amide bonds. The van der Waals surface area contributed by atoms with Crippen molar-refractivity contribution in [3.05, 3.63) is 53.9 Å². The Morgan fingerprint density at radius 3 is 2.50 bits per heavy atom.